The molecule has 0 saturated carbocycles. The van der Waals surface area contributed by atoms with Crippen LogP contribution in [0.15, 0.2) is 42.7 Å². The maximum Gasteiger partial charge on any atom is 0.416 e. The van der Waals surface area contributed by atoms with Crippen molar-refractivity contribution in [2.24, 2.45) is 0 Å². The largest absolute Gasteiger partial charge is 0.416 e. The Morgan fingerprint density at radius 2 is 1.74 bits per heavy atom. The lowest BCUT2D eigenvalue weighted by atomic mass is 10.1. The Balaban J connectivity index is 2.30. The summed E-state index contributed by atoms with van der Waals surface area (Å²) in [6.45, 7) is 0. The SMILES string of the molecule is Nc1cncc(C#Cc2cccc(C(F)(F)F)c2)c1. The molecule has 0 atom stereocenters. The van der Waals surface area contributed by atoms with Crippen LogP contribution in [0, 0.1) is 11.8 Å². The predicted octanol–water partition coefficient (Wildman–Crippen LogP) is 3.08. The molecule has 0 fully saturated rings. The maximum atomic E-state index is 12.5. The second-order valence-corrected chi connectivity index (χ2v) is 3.84. The molecule has 2 rings (SSSR count). The van der Waals surface area contributed by atoms with Crippen molar-refractivity contribution < 1.29 is 13.2 Å². The van der Waals surface area contributed by atoms with E-state index in [1.54, 1.807) is 6.07 Å². The fourth-order valence-electron chi connectivity index (χ4n) is 1.44. The van der Waals surface area contributed by atoms with Crippen LogP contribution in [-0.4, -0.2) is 4.98 Å². The molecule has 2 nitrogen and oxygen atoms in total. The van der Waals surface area contributed by atoms with Crippen molar-refractivity contribution in [1.82, 2.24) is 4.98 Å². The number of nitrogen functional groups attached to an aromatic ring is 1. The molecular formula is C14H9F3N2. The van der Waals surface area contributed by atoms with Crippen molar-refractivity contribution in [3.63, 3.8) is 0 Å². The number of hydrogen-bond donors (Lipinski definition) is 1. The van der Waals surface area contributed by atoms with Crippen LogP contribution >= 0.6 is 0 Å². The number of aromatic nitrogens is 1. The third-order valence-electron chi connectivity index (χ3n) is 2.30. The molecule has 0 unspecified atom stereocenters. The van der Waals surface area contributed by atoms with Gasteiger partial charge in [-0.05, 0) is 24.3 Å². The van der Waals surface area contributed by atoms with Gasteiger partial charge in [-0.1, -0.05) is 17.9 Å². The van der Waals surface area contributed by atoms with Gasteiger partial charge in [0, 0.05) is 23.5 Å². The molecule has 0 aliphatic heterocycles. The zero-order valence-corrected chi connectivity index (χ0v) is 9.70. The van der Waals surface area contributed by atoms with Gasteiger partial charge >= 0.3 is 6.18 Å². The molecule has 0 saturated heterocycles. The fraction of sp³-hybridized carbons (Fsp3) is 0.0714. The minimum Gasteiger partial charge on any atom is -0.397 e. The van der Waals surface area contributed by atoms with E-state index in [0.717, 1.165) is 12.1 Å². The van der Waals surface area contributed by atoms with E-state index in [9.17, 15) is 13.2 Å². The van der Waals surface area contributed by atoms with Crippen LogP contribution in [0.2, 0.25) is 0 Å². The normalized spacial score (nSPS) is 10.7. The number of alkyl halides is 3. The Morgan fingerprint density at radius 1 is 1.00 bits per heavy atom. The summed E-state index contributed by atoms with van der Waals surface area (Å²) in [6.07, 6.45) is -1.40. The zero-order chi connectivity index (χ0) is 13.9. The van der Waals surface area contributed by atoms with Gasteiger partial charge in [-0.25, -0.2) is 0 Å². The Morgan fingerprint density at radius 3 is 2.42 bits per heavy atom. The molecule has 0 bridgehead atoms. The van der Waals surface area contributed by atoms with E-state index in [1.165, 1.54) is 24.5 Å². The molecule has 0 aliphatic carbocycles. The molecule has 0 radical (unpaired) electrons. The first-order valence-electron chi connectivity index (χ1n) is 5.35. The lowest BCUT2D eigenvalue weighted by Crippen LogP contribution is -2.04. The summed E-state index contributed by atoms with van der Waals surface area (Å²) in [6, 6.07) is 6.46. The highest BCUT2D eigenvalue weighted by Gasteiger charge is 2.30. The Kier molecular flexibility index (Phi) is 3.43. The van der Waals surface area contributed by atoms with Crippen LogP contribution in [0.25, 0.3) is 0 Å². The van der Waals surface area contributed by atoms with Gasteiger partial charge in [-0.3, -0.25) is 4.98 Å². The van der Waals surface area contributed by atoms with Crippen LogP contribution in [-0.2, 0) is 6.18 Å². The quantitative estimate of drug-likeness (QED) is 0.741. The first-order chi connectivity index (χ1) is 8.95. The molecule has 1 aromatic carbocycles. The molecule has 1 heterocycles. The third-order valence-corrected chi connectivity index (χ3v) is 2.30. The van der Waals surface area contributed by atoms with Crippen molar-refractivity contribution in [2.75, 3.05) is 5.73 Å². The topological polar surface area (TPSA) is 38.9 Å². The Bertz CT molecular complexity index is 651. The van der Waals surface area contributed by atoms with E-state index in [-0.39, 0.29) is 5.56 Å². The van der Waals surface area contributed by atoms with Crippen LogP contribution in [0.5, 0.6) is 0 Å². The van der Waals surface area contributed by atoms with E-state index < -0.39 is 11.7 Å². The van der Waals surface area contributed by atoms with Crippen molar-refractivity contribution in [1.29, 1.82) is 0 Å². The first kappa shape index (κ1) is 13.0. The summed E-state index contributed by atoms with van der Waals surface area (Å²) in [5.74, 6) is 5.38. The van der Waals surface area contributed by atoms with E-state index >= 15 is 0 Å². The van der Waals surface area contributed by atoms with Gasteiger partial charge < -0.3 is 5.73 Å². The maximum absolute atomic E-state index is 12.5. The Labute approximate surface area is 108 Å². The van der Waals surface area contributed by atoms with Crippen molar-refractivity contribution in [2.45, 2.75) is 6.18 Å². The predicted molar refractivity (Wildman–Crippen MR) is 66.1 cm³/mol. The van der Waals surface area contributed by atoms with Gasteiger partial charge in [-0.15, -0.1) is 0 Å². The van der Waals surface area contributed by atoms with Gasteiger partial charge in [0.15, 0.2) is 0 Å². The van der Waals surface area contributed by atoms with Gasteiger partial charge in [0.1, 0.15) is 0 Å². The lowest BCUT2D eigenvalue weighted by Gasteiger charge is -2.05. The van der Waals surface area contributed by atoms with E-state index in [0.29, 0.717) is 11.3 Å². The highest BCUT2D eigenvalue weighted by atomic mass is 19.4. The summed E-state index contributed by atoms with van der Waals surface area (Å²) in [5.41, 5.74) is 6.11. The molecular weight excluding hydrogens is 253 g/mol. The summed E-state index contributed by atoms with van der Waals surface area (Å²) in [5, 5.41) is 0. The second kappa shape index (κ2) is 5.02. The van der Waals surface area contributed by atoms with Gasteiger partial charge in [0.25, 0.3) is 0 Å². The molecule has 96 valence electrons. The average molecular weight is 262 g/mol. The zero-order valence-electron chi connectivity index (χ0n) is 9.70. The van der Waals surface area contributed by atoms with E-state index in [4.69, 9.17) is 5.73 Å². The summed E-state index contributed by atoms with van der Waals surface area (Å²) < 4.78 is 37.5. The van der Waals surface area contributed by atoms with Crippen molar-refractivity contribution >= 4 is 5.69 Å². The Hall–Kier alpha value is -2.48. The number of nitrogens with two attached hydrogens (primary N) is 1. The molecule has 0 spiro atoms. The van der Waals surface area contributed by atoms with E-state index in [1.807, 2.05) is 0 Å². The van der Waals surface area contributed by atoms with E-state index in [2.05, 4.69) is 16.8 Å². The number of hydrogen-bond acceptors (Lipinski definition) is 2. The monoisotopic (exact) mass is 262 g/mol. The number of nitrogens with zero attached hydrogens (tertiary/aromatic N) is 1. The van der Waals surface area contributed by atoms with Crippen LogP contribution in [0.4, 0.5) is 18.9 Å². The molecule has 5 heteroatoms. The van der Waals surface area contributed by atoms with Crippen LogP contribution in [0.3, 0.4) is 0 Å². The molecule has 2 N–H and O–H groups in total. The third kappa shape index (κ3) is 3.49. The fourth-order valence-corrected chi connectivity index (χ4v) is 1.44. The lowest BCUT2D eigenvalue weighted by molar-refractivity contribution is -0.137. The number of halogens is 3. The van der Waals surface area contributed by atoms with Gasteiger partial charge in [-0.2, -0.15) is 13.2 Å². The highest BCUT2D eigenvalue weighted by molar-refractivity contribution is 5.48. The summed E-state index contributed by atoms with van der Waals surface area (Å²) in [7, 11) is 0. The molecule has 0 amide bonds. The standard InChI is InChI=1S/C14H9F3N2/c15-14(16,17)12-3-1-2-10(6-12)4-5-11-7-13(18)9-19-8-11/h1-3,6-9H,18H2. The minimum atomic E-state index is -4.36. The minimum absolute atomic E-state index is 0.289. The van der Waals surface area contributed by atoms with Crippen molar-refractivity contribution in [3.05, 3.63) is 59.4 Å². The number of benzene rings is 1. The van der Waals surface area contributed by atoms with Crippen molar-refractivity contribution in [3.8, 4) is 11.8 Å². The smallest absolute Gasteiger partial charge is 0.397 e. The molecule has 1 aromatic heterocycles. The average Bonchev–Trinajstić information content (AvgIpc) is 2.36. The molecule has 0 aliphatic rings. The summed E-state index contributed by atoms with van der Waals surface area (Å²) in [4.78, 5) is 3.85. The number of rotatable bonds is 0. The molecule has 19 heavy (non-hydrogen) atoms. The summed E-state index contributed by atoms with van der Waals surface area (Å²) >= 11 is 0. The van der Waals surface area contributed by atoms with Gasteiger partial charge in [0.05, 0.1) is 11.3 Å². The van der Waals surface area contributed by atoms with Crippen LogP contribution < -0.4 is 5.73 Å². The molecule has 2 aromatic rings. The number of anilines is 1. The van der Waals surface area contributed by atoms with Gasteiger partial charge in [0.2, 0.25) is 0 Å². The first-order valence-corrected chi connectivity index (χ1v) is 5.35. The second-order valence-electron chi connectivity index (χ2n) is 3.84. The number of pyridine rings is 1. The van der Waals surface area contributed by atoms with Crippen LogP contribution in [0.1, 0.15) is 16.7 Å². The highest BCUT2D eigenvalue weighted by Crippen LogP contribution is 2.29.